The van der Waals surface area contributed by atoms with Gasteiger partial charge in [-0.05, 0) is 11.8 Å². The van der Waals surface area contributed by atoms with Crippen LogP contribution < -0.4 is 0 Å². The van der Waals surface area contributed by atoms with Crippen molar-refractivity contribution in [1.82, 2.24) is 0 Å². The summed E-state index contributed by atoms with van der Waals surface area (Å²) in [5.74, 6) is 1.58. The van der Waals surface area contributed by atoms with Gasteiger partial charge in [-0.15, -0.1) is 0 Å². The molecule has 1 heteroatoms. The molecule has 0 fully saturated rings. The van der Waals surface area contributed by atoms with E-state index in [1.54, 1.807) is 0 Å². The van der Waals surface area contributed by atoms with E-state index in [0.29, 0.717) is 0 Å². The molecular weight excluding hydrogens is 94.9 g/mol. The van der Waals surface area contributed by atoms with Crippen molar-refractivity contribution in [1.29, 1.82) is 0 Å². The third-order valence-electron chi connectivity index (χ3n) is 1.76. The lowest BCUT2D eigenvalue weighted by atomic mass is 9.88. The van der Waals surface area contributed by atoms with E-state index in [0.717, 1.165) is 24.6 Å². The van der Waals surface area contributed by atoms with Crippen LogP contribution in [0.1, 0.15) is 27.2 Å². The minimum absolute atomic E-state index is 0.790. The highest BCUT2D eigenvalue weighted by Gasteiger charge is 2.03. The molecule has 0 aromatic carbocycles. The monoisotopic (exact) mass is 110 g/mol. The Hall–Kier alpha value is 0.0649. The van der Waals surface area contributed by atoms with Gasteiger partial charge >= 0.3 is 0 Å². The van der Waals surface area contributed by atoms with Gasteiger partial charge in [0.1, 0.15) is 0 Å². The molecule has 0 rings (SSSR count). The zero-order valence-corrected chi connectivity index (χ0v) is 6.15. The Morgan fingerprint density at radius 1 is 1.25 bits per heavy atom. The summed E-state index contributed by atoms with van der Waals surface area (Å²) < 4.78 is 0. The second-order valence-electron chi connectivity index (χ2n) is 2.80. The zero-order valence-electron chi connectivity index (χ0n) is 6.15. The summed E-state index contributed by atoms with van der Waals surface area (Å²) in [4.78, 5) is 0. The maximum absolute atomic E-state index is 5.37. The molecule has 0 spiro atoms. The average molecular weight is 110 g/mol. The smallest absolute Gasteiger partial charge is 0.0653 e. The van der Waals surface area contributed by atoms with Crippen molar-refractivity contribution in [2.75, 3.05) is 0 Å². The molecule has 0 aliphatic rings. The first-order valence-electron chi connectivity index (χ1n) is 3.38. The van der Waals surface area contributed by atoms with Crippen molar-refractivity contribution in [3.63, 3.8) is 0 Å². The Kier molecular flexibility index (Phi) is 4.03. The standard InChI is InChI=1S/C7H15B/c1-6(2)7(3)4-5-8/h6-7H,4-5H2,1-3H3. The van der Waals surface area contributed by atoms with E-state index in [4.69, 9.17) is 7.85 Å². The van der Waals surface area contributed by atoms with Crippen molar-refractivity contribution in [2.45, 2.75) is 33.5 Å². The minimum atomic E-state index is 0.790. The predicted molar refractivity (Wildman–Crippen MR) is 39.2 cm³/mol. The van der Waals surface area contributed by atoms with Gasteiger partial charge in [0.15, 0.2) is 0 Å². The van der Waals surface area contributed by atoms with Gasteiger partial charge in [0, 0.05) is 0 Å². The molecule has 0 saturated heterocycles. The molecule has 1 atom stereocenters. The molecule has 0 saturated carbocycles. The Balaban J connectivity index is 3.17. The van der Waals surface area contributed by atoms with Crippen molar-refractivity contribution >= 4 is 7.85 Å². The summed E-state index contributed by atoms with van der Waals surface area (Å²) in [7, 11) is 5.37. The van der Waals surface area contributed by atoms with Crippen LogP contribution in [0, 0.1) is 11.8 Å². The Morgan fingerprint density at radius 2 is 1.75 bits per heavy atom. The van der Waals surface area contributed by atoms with E-state index in [1.807, 2.05) is 0 Å². The largest absolute Gasteiger partial charge is 0.0884 e. The molecule has 0 amide bonds. The summed E-state index contributed by atoms with van der Waals surface area (Å²) >= 11 is 0. The second-order valence-corrected chi connectivity index (χ2v) is 2.80. The lowest BCUT2D eigenvalue weighted by molar-refractivity contribution is 0.408. The summed E-state index contributed by atoms with van der Waals surface area (Å²) in [6.07, 6.45) is 2.00. The lowest BCUT2D eigenvalue weighted by Crippen LogP contribution is -2.02. The van der Waals surface area contributed by atoms with E-state index in [-0.39, 0.29) is 0 Å². The van der Waals surface area contributed by atoms with Crippen LogP contribution in [0.4, 0.5) is 0 Å². The third-order valence-corrected chi connectivity index (χ3v) is 1.76. The van der Waals surface area contributed by atoms with Gasteiger partial charge in [-0.2, -0.15) is 0 Å². The van der Waals surface area contributed by atoms with Crippen molar-refractivity contribution in [3.05, 3.63) is 0 Å². The van der Waals surface area contributed by atoms with Crippen LogP contribution in [-0.2, 0) is 0 Å². The van der Waals surface area contributed by atoms with E-state index < -0.39 is 0 Å². The van der Waals surface area contributed by atoms with Gasteiger partial charge in [-0.1, -0.05) is 33.5 Å². The highest BCUT2D eigenvalue weighted by molar-refractivity contribution is 6.08. The van der Waals surface area contributed by atoms with Crippen molar-refractivity contribution in [3.8, 4) is 0 Å². The normalized spacial score (nSPS) is 14.5. The van der Waals surface area contributed by atoms with E-state index in [1.165, 1.54) is 0 Å². The first-order valence-corrected chi connectivity index (χ1v) is 3.38. The second kappa shape index (κ2) is 4.00. The zero-order chi connectivity index (χ0) is 6.57. The highest BCUT2D eigenvalue weighted by atomic mass is 14.1. The molecule has 0 aromatic rings. The van der Waals surface area contributed by atoms with Gasteiger partial charge in [0.05, 0.1) is 7.85 Å². The molecule has 0 aliphatic carbocycles. The van der Waals surface area contributed by atoms with Crippen molar-refractivity contribution < 1.29 is 0 Å². The molecule has 0 aromatic heterocycles. The first-order chi connectivity index (χ1) is 3.68. The third kappa shape index (κ3) is 3.12. The molecule has 2 radical (unpaired) electrons. The predicted octanol–water partition coefficient (Wildman–Crippen LogP) is 2.26. The topological polar surface area (TPSA) is 0 Å². The molecule has 0 heterocycles. The number of hydrogen-bond donors (Lipinski definition) is 0. The molecule has 0 aliphatic heterocycles. The van der Waals surface area contributed by atoms with Crippen LogP contribution in [-0.4, -0.2) is 7.85 Å². The van der Waals surface area contributed by atoms with Crippen LogP contribution in [0.3, 0.4) is 0 Å². The van der Waals surface area contributed by atoms with Crippen LogP contribution in [0.15, 0.2) is 0 Å². The van der Waals surface area contributed by atoms with Gasteiger partial charge in [-0.25, -0.2) is 0 Å². The Bertz CT molecular complexity index is 50.3. The summed E-state index contributed by atoms with van der Waals surface area (Å²) in [6, 6.07) is 0. The molecule has 0 N–H and O–H groups in total. The fourth-order valence-electron chi connectivity index (χ4n) is 0.596. The van der Waals surface area contributed by atoms with Crippen LogP contribution in [0.5, 0.6) is 0 Å². The van der Waals surface area contributed by atoms with Crippen LogP contribution in [0.25, 0.3) is 0 Å². The minimum Gasteiger partial charge on any atom is -0.0884 e. The first kappa shape index (κ1) is 8.06. The Morgan fingerprint density at radius 3 is 1.88 bits per heavy atom. The SMILES string of the molecule is [B]CCC(C)C(C)C. The summed E-state index contributed by atoms with van der Waals surface area (Å²) in [5.41, 5.74) is 0. The Labute approximate surface area is 54.1 Å². The van der Waals surface area contributed by atoms with Gasteiger partial charge in [-0.3, -0.25) is 0 Å². The number of rotatable bonds is 3. The molecule has 0 nitrogen and oxygen atoms in total. The quantitative estimate of drug-likeness (QED) is 0.488. The highest BCUT2D eigenvalue weighted by Crippen LogP contribution is 2.14. The maximum Gasteiger partial charge on any atom is 0.0653 e. The molecule has 1 unspecified atom stereocenters. The molecule has 46 valence electrons. The van der Waals surface area contributed by atoms with Gasteiger partial charge < -0.3 is 0 Å². The van der Waals surface area contributed by atoms with Gasteiger partial charge in [0.25, 0.3) is 0 Å². The molecule has 0 bridgehead atoms. The van der Waals surface area contributed by atoms with E-state index in [2.05, 4.69) is 20.8 Å². The summed E-state index contributed by atoms with van der Waals surface area (Å²) in [5, 5.41) is 0. The van der Waals surface area contributed by atoms with Crippen LogP contribution in [0.2, 0.25) is 6.32 Å². The average Bonchev–Trinajstić information content (AvgIpc) is 1.67. The van der Waals surface area contributed by atoms with Gasteiger partial charge in [0.2, 0.25) is 0 Å². The summed E-state index contributed by atoms with van der Waals surface area (Å²) in [6.45, 7) is 6.72. The van der Waals surface area contributed by atoms with Crippen LogP contribution >= 0.6 is 0 Å². The van der Waals surface area contributed by atoms with E-state index >= 15 is 0 Å². The fraction of sp³-hybridized carbons (Fsp3) is 1.00. The van der Waals surface area contributed by atoms with Crippen molar-refractivity contribution in [2.24, 2.45) is 11.8 Å². The van der Waals surface area contributed by atoms with E-state index in [9.17, 15) is 0 Å². The lowest BCUT2D eigenvalue weighted by Gasteiger charge is -2.12. The fourth-order valence-corrected chi connectivity index (χ4v) is 0.596. The maximum atomic E-state index is 5.37. The number of hydrogen-bond acceptors (Lipinski definition) is 0. The molecular formula is C7H15B. The molecule has 8 heavy (non-hydrogen) atoms.